The fourth-order valence-corrected chi connectivity index (χ4v) is 2.53. The van der Waals surface area contributed by atoms with Gasteiger partial charge in [-0.3, -0.25) is 24.0 Å². The molecule has 1 aromatic rings. The topological polar surface area (TPSA) is 144 Å². The average molecular weight is 439 g/mol. The molecule has 1 aromatic carbocycles. The molecule has 0 bridgehead atoms. The minimum Gasteiger partial charge on any atom is -0.495 e. The van der Waals surface area contributed by atoms with Crippen molar-refractivity contribution >= 4 is 35.5 Å². The summed E-state index contributed by atoms with van der Waals surface area (Å²) in [5, 5.41) is 2.51. The molecule has 0 saturated heterocycles. The van der Waals surface area contributed by atoms with Crippen LogP contribution in [0.1, 0.15) is 27.7 Å². The molecule has 0 fully saturated rings. The number of hydrogen-bond donors (Lipinski definition) is 1. The van der Waals surface area contributed by atoms with Gasteiger partial charge in [0.15, 0.2) is 12.2 Å². The van der Waals surface area contributed by atoms with E-state index in [-0.39, 0.29) is 5.69 Å². The Balaban J connectivity index is 3.33. The van der Waals surface area contributed by atoms with Gasteiger partial charge < -0.3 is 29.0 Å². The first kappa shape index (κ1) is 25.4. The number of amides is 1. The van der Waals surface area contributed by atoms with E-state index in [0.717, 1.165) is 27.7 Å². The summed E-state index contributed by atoms with van der Waals surface area (Å²) in [4.78, 5) is 59.1. The molecule has 0 radical (unpaired) electrons. The number of esters is 4. The first-order chi connectivity index (χ1) is 14.5. The molecule has 0 spiro atoms. The summed E-state index contributed by atoms with van der Waals surface area (Å²) in [6.07, 6.45) is -4.79. The Morgan fingerprint density at radius 1 is 0.839 bits per heavy atom. The summed E-state index contributed by atoms with van der Waals surface area (Å²) < 4.78 is 25.3. The lowest BCUT2D eigenvalue weighted by Gasteiger charge is -2.31. The molecular weight excluding hydrogens is 414 g/mol. The van der Waals surface area contributed by atoms with Gasteiger partial charge in [-0.15, -0.1) is 0 Å². The van der Waals surface area contributed by atoms with E-state index >= 15 is 0 Å². The number of carbonyl (C=O) groups excluding carboxylic acids is 5. The Kier molecular flexibility index (Phi) is 9.96. The molecule has 0 aliphatic carbocycles. The molecule has 0 aliphatic rings. The van der Waals surface area contributed by atoms with Crippen LogP contribution in [0.15, 0.2) is 24.3 Å². The Morgan fingerprint density at radius 2 is 1.42 bits per heavy atom. The van der Waals surface area contributed by atoms with Gasteiger partial charge in [-0.05, 0) is 12.1 Å². The van der Waals surface area contributed by atoms with Crippen LogP contribution in [0.25, 0.3) is 0 Å². The summed E-state index contributed by atoms with van der Waals surface area (Å²) in [7, 11) is 1.39. The zero-order valence-corrected chi connectivity index (χ0v) is 17.8. The molecule has 11 nitrogen and oxygen atoms in total. The summed E-state index contributed by atoms with van der Waals surface area (Å²) in [6, 6.07) is 6.42. The highest BCUT2D eigenvalue weighted by molar-refractivity contribution is 5.97. The molecule has 0 aliphatic heterocycles. The van der Waals surface area contributed by atoms with Crippen LogP contribution in [-0.4, -0.2) is 61.8 Å². The number of para-hydroxylation sites is 2. The average Bonchev–Trinajstić information content (AvgIpc) is 2.67. The molecule has 0 unspecified atom stereocenters. The van der Waals surface area contributed by atoms with Crippen LogP contribution in [0.3, 0.4) is 0 Å². The largest absolute Gasteiger partial charge is 0.495 e. The van der Waals surface area contributed by atoms with Crippen molar-refractivity contribution in [1.29, 1.82) is 0 Å². The molecule has 0 aromatic heterocycles. The number of ether oxygens (including phenoxy) is 5. The molecule has 0 heterocycles. The van der Waals surface area contributed by atoms with E-state index in [0.29, 0.717) is 5.75 Å². The third-order valence-electron chi connectivity index (χ3n) is 3.65. The van der Waals surface area contributed by atoms with Gasteiger partial charge >= 0.3 is 23.9 Å². The van der Waals surface area contributed by atoms with Crippen LogP contribution >= 0.6 is 0 Å². The van der Waals surface area contributed by atoms with Crippen LogP contribution in [0.4, 0.5) is 5.69 Å². The maximum absolute atomic E-state index is 13.0. The first-order valence-electron chi connectivity index (χ1n) is 9.14. The first-order valence-corrected chi connectivity index (χ1v) is 9.14. The van der Waals surface area contributed by atoms with Crippen molar-refractivity contribution in [1.82, 2.24) is 0 Å². The Morgan fingerprint density at radius 3 is 1.94 bits per heavy atom. The van der Waals surface area contributed by atoms with Crippen LogP contribution in [0, 0.1) is 0 Å². The maximum Gasteiger partial charge on any atom is 0.303 e. The summed E-state index contributed by atoms with van der Waals surface area (Å²) in [5.41, 5.74) is 0.248. The second-order valence-electron chi connectivity index (χ2n) is 6.24. The fraction of sp³-hybridized carbons (Fsp3) is 0.450. The van der Waals surface area contributed by atoms with Crippen molar-refractivity contribution in [2.45, 2.75) is 46.0 Å². The van der Waals surface area contributed by atoms with Crippen LogP contribution < -0.4 is 10.1 Å². The predicted octanol–water partition coefficient (Wildman–Crippen LogP) is 0.992. The van der Waals surface area contributed by atoms with Crippen molar-refractivity contribution in [3.63, 3.8) is 0 Å². The fourth-order valence-electron chi connectivity index (χ4n) is 2.53. The lowest BCUT2D eigenvalue weighted by atomic mass is 10.1. The van der Waals surface area contributed by atoms with E-state index in [1.54, 1.807) is 18.2 Å². The molecule has 31 heavy (non-hydrogen) atoms. The Bertz CT molecular complexity index is 822. The monoisotopic (exact) mass is 439 g/mol. The number of methoxy groups -OCH3 is 1. The number of nitrogens with one attached hydrogen (secondary N) is 1. The second kappa shape index (κ2) is 12.2. The molecular formula is C20H25NO10. The number of hydrogen-bond acceptors (Lipinski definition) is 10. The van der Waals surface area contributed by atoms with Gasteiger partial charge in [0.2, 0.25) is 6.10 Å². The minimum atomic E-state index is -1.74. The minimum absolute atomic E-state index is 0.248. The van der Waals surface area contributed by atoms with E-state index in [1.165, 1.54) is 13.2 Å². The smallest absolute Gasteiger partial charge is 0.303 e. The maximum atomic E-state index is 13.0. The normalized spacial score (nSPS) is 13.1. The summed E-state index contributed by atoms with van der Waals surface area (Å²) >= 11 is 0. The molecule has 11 heteroatoms. The van der Waals surface area contributed by atoms with Gasteiger partial charge in [0.05, 0.1) is 12.8 Å². The number of anilines is 1. The van der Waals surface area contributed by atoms with Gasteiger partial charge in [-0.2, -0.15) is 0 Å². The summed E-state index contributed by atoms with van der Waals surface area (Å²) in [5.74, 6) is -3.82. The molecule has 0 saturated carbocycles. The molecule has 1 amide bonds. The van der Waals surface area contributed by atoms with Crippen LogP contribution in [-0.2, 0) is 42.9 Å². The highest BCUT2D eigenvalue weighted by Crippen LogP contribution is 2.24. The van der Waals surface area contributed by atoms with Crippen LogP contribution in [0.5, 0.6) is 5.75 Å². The van der Waals surface area contributed by atoms with E-state index in [9.17, 15) is 24.0 Å². The molecule has 1 N–H and O–H groups in total. The van der Waals surface area contributed by atoms with Crippen molar-refractivity contribution in [2.24, 2.45) is 0 Å². The quantitative estimate of drug-likeness (QED) is 0.414. The molecule has 170 valence electrons. The van der Waals surface area contributed by atoms with Gasteiger partial charge in [0.25, 0.3) is 5.91 Å². The predicted molar refractivity (Wildman–Crippen MR) is 105 cm³/mol. The van der Waals surface area contributed by atoms with Crippen molar-refractivity contribution in [3.8, 4) is 5.75 Å². The second-order valence-corrected chi connectivity index (χ2v) is 6.24. The van der Waals surface area contributed by atoms with E-state index in [2.05, 4.69) is 5.32 Å². The van der Waals surface area contributed by atoms with Gasteiger partial charge in [0, 0.05) is 27.7 Å². The standard InChI is InChI=1S/C20H25NO10/c1-11(22)28-10-17(29-12(2)23)18(30-13(3)24)19(31-14(4)25)20(26)21-15-8-6-7-9-16(15)27-5/h6-9,17-19H,10H2,1-5H3,(H,21,26)/t17-,18+,19+/m1/s1. The lowest BCUT2D eigenvalue weighted by Crippen LogP contribution is -2.52. The zero-order chi connectivity index (χ0) is 23.6. The van der Waals surface area contributed by atoms with Crippen molar-refractivity contribution in [2.75, 3.05) is 19.0 Å². The third-order valence-corrected chi connectivity index (χ3v) is 3.65. The SMILES string of the molecule is COc1ccccc1NC(=O)[C@@H](OC(C)=O)[C@@H](OC(C)=O)[C@@H](COC(C)=O)OC(C)=O. The highest BCUT2D eigenvalue weighted by Gasteiger charge is 2.42. The van der Waals surface area contributed by atoms with E-state index < -0.39 is 54.7 Å². The van der Waals surface area contributed by atoms with Gasteiger partial charge in [-0.1, -0.05) is 12.1 Å². The molecule has 3 atom stereocenters. The Labute approximate surface area is 178 Å². The summed E-state index contributed by atoms with van der Waals surface area (Å²) in [6.45, 7) is 3.73. The third kappa shape index (κ3) is 8.72. The number of rotatable bonds is 10. The number of benzene rings is 1. The van der Waals surface area contributed by atoms with Gasteiger partial charge in [0.1, 0.15) is 12.4 Å². The van der Waals surface area contributed by atoms with Crippen LogP contribution in [0.2, 0.25) is 0 Å². The lowest BCUT2D eigenvalue weighted by molar-refractivity contribution is -0.190. The zero-order valence-electron chi connectivity index (χ0n) is 17.8. The highest BCUT2D eigenvalue weighted by atomic mass is 16.6. The van der Waals surface area contributed by atoms with Crippen molar-refractivity contribution in [3.05, 3.63) is 24.3 Å². The van der Waals surface area contributed by atoms with E-state index in [1.807, 2.05) is 0 Å². The number of carbonyl (C=O) groups is 5. The van der Waals surface area contributed by atoms with Gasteiger partial charge in [-0.25, -0.2) is 0 Å². The van der Waals surface area contributed by atoms with Crippen molar-refractivity contribution < 1.29 is 47.7 Å². The Hall–Kier alpha value is -3.63. The molecule has 1 rings (SSSR count). The van der Waals surface area contributed by atoms with E-state index in [4.69, 9.17) is 23.7 Å².